The van der Waals surface area contributed by atoms with Gasteiger partial charge in [0.25, 0.3) is 0 Å². The Morgan fingerprint density at radius 3 is 2.76 bits per heavy atom. The van der Waals surface area contributed by atoms with Crippen molar-refractivity contribution in [3.05, 3.63) is 29.6 Å². The normalized spacial score (nSPS) is 26.3. The lowest BCUT2D eigenvalue weighted by Crippen LogP contribution is -2.46. The average Bonchev–Trinajstić information content (AvgIpc) is 2.95. The van der Waals surface area contributed by atoms with Crippen LogP contribution in [-0.2, 0) is 10.0 Å². The third kappa shape index (κ3) is 2.45. The maximum atomic E-state index is 13.4. The van der Waals surface area contributed by atoms with Crippen molar-refractivity contribution in [1.82, 2.24) is 4.31 Å². The number of nitriles is 1. The van der Waals surface area contributed by atoms with E-state index in [-0.39, 0.29) is 16.5 Å². The predicted octanol–water partition coefficient (Wildman–Crippen LogP) is 2.65. The van der Waals surface area contributed by atoms with E-state index in [9.17, 15) is 12.8 Å². The summed E-state index contributed by atoms with van der Waals surface area (Å²) < 4.78 is 40.6. The molecule has 0 radical (unpaired) electrons. The quantitative estimate of drug-likeness (QED) is 0.844. The summed E-state index contributed by atoms with van der Waals surface area (Å²) in [5.41, 5.74) is -0.226. The van der Waals surface area contributed by atoms with Crippen molar-refractivity contribution < 1.29 is 12.8 Å². The Morgan fingerprint density at radius 2 is 2.00 bits per heavy atom. The second-order valence-electron chi connectivity index (χ2n) is 5.77. The molecule has 0 spiro atoms. The molecule has 0 amide bonds. The zero-order chi connectivity index (χ0) is 15.0. The molecule has 6 heteroatoms. The van der Waals surface area contributed by atoms with Crippen LogP contribution in [0.25, 0.3) is 0 Å². The zero-order valence-electron chi connectivity index (χ0n) is 11.6. The van der Waals surface area contributed by atoms with Gasteiger partial charge in [0.2, 0.25) is 10.0 Å². The lowest BCUT2D eigenvalue weighted by Gasteiger charge is -2.36. The van der Waals surface area contributed by atoms with Crippen molar-refractivity contribution >= 4 is 10.0 Å². The molecule has 2 aliphatic rings. The SMILES string of the molecule is N#Cc1cc(S(=O)(=O)N2CCCC3CCCC32)ccc1F. The van der Waals surface area contributed by atoms with E-state index >= 15 is 0 Å². The lowest BCUT2D eigenvalue weighted by molar-refractivity contribution is 0.202. The van der Waals surface area contributed by atoms with Gasteiger partial charge in [-0.15, -0.1) is 0 Å². The Kier molecular flexibility index (Phi) is 3.72. The molecule has 1 aliphatic carbocycles. The first-order valence-electron chi connectivity index (χ1n) is 7.25. The van der Waals surface area contributed by atoms with E-state index in [1.54, 1.807) is 10.4 Å². The highest BCUT2D eigenvalue weighted by atomic mass is 32.2. The van der Waals surface area contributed by atoms with Crippen LogP contribution in [0.1, 0.15) is 37.7 Å². The number of hydrogen-bond donors (Lipinski definition) is 0. The number of benzene rings is 1. The molecule has 2 atom stereocenters. The van der Waals surface area contributed by atoms with E-state index in [4.69, 9.17) is 5.26 Å². The second kappa shape index (κ2) is 5.39. The summed E-state index contributed by atoms with van der Waals surface area (Å²) in [6.07, 6.45) is 5.00. The minimum atomic E-state index is -3.65. The molecule has 1 aromatic carbocycles. The Morgan fingerprint density at radius 1 is 1.24 bits per heavy atom. The van der Waals surface area contributed by atoms with E-state index < -0.39 is 15.8 Å². The van der Waals surface area contributed by atoms with Gasteiger partial charge in [-0.2, -0.15) is 9.57 Å². The van der Waals surface area contributed by atoms with Crippen molar-refractivity contribution in [2.45, 2.75) is 43.0 Å². The van der Waals surface area contributed by atoms with Gasteiger partial charge in [-0.1, -0.05) is 6.42 Å². The van der Waals surface area contributed by atoms with E-state index in [0.29, 0.717) is 12.5 Å². The van der Waals surface area contributed by atoms with Crippen molar-refractivity contribution in [2.24, 2.45) is 5.92 Å². The molecule has 2 unspecified atom stereocenters. The number of rotatable bonds is 2. The molecule has 21 heavy (non-hydrogen) atoms. The van der Waals surface area contributed by atoms with E-state index in [1.165, 1.54) is 6.07 Å². The fourth-order valence-electron chi connectivity index (χ4n) is 3.59. The molecule has 1 aliphatic heterocycles. The molecule has 0 N–H and O–H groups in total. The first-order chi connectivity index (χ1) is 10.0. The predicted molar refractivity (Wildman–Crippen MR) is 75.4 cm³/mol. The lowest BCUT2D eigenvalue weighted by atomic mass is 9.94. The molecule has 1 aromatic rings. The smallest absolute Gasteiger partial charge is 0.207 e. The van der Waals surface area contributed by atoms with Gasteiger partial charge in [-0.3, -0.25) is 0 Å². The molecule has 4 nitrogen and oxygen atoms in total. The highest BCUT2D eigenvalue weighted by molar-refractivity contribution is 7.89. The molecule has 2 fully saturated rings. The molecule has 1 heterocycles. The minimum Gasteiger partial charge on any atom is -0.207 e. The summed E-state index contributed by atoms with van der Waals surface area (Å²) in [4.78, 5) is 0.0213. The topological polar surface area (TPSA) is 61.2 Å². The van der Waals surface area contributed by atoms with E-state index in [2.05, 4.69) is 0 Å². The standard InChI is InChI=1S/C15H17FN2O2S/c16-14-7-6-13(9-12(14)10-17)21(19,20)18-8-2-4-11-3-1-5-15(11)18/h6-7,9,11,15H,1-5,8H2. The number of piperidine rings is 1. The summed E-state index contributed by atoms with van der Waals surface area (Å²) in [6, 6.07) is 5.22. The first kappa shape index (κ1) is 14.5. The van der Waals surface area contributed by atoms with Gasteiger partial charge in [0.05, 0.1) is 10.5 Å². The summed E-state index contributed by atoms with van der Waals surface area (Å²) in [5.74, 6) is -0.238. The summed E-state index contributed by atoms with van der Waals surface area (Å²) in [7, 11) is -3.65. The molecular formula is C15H17FN2O2S. The number of nitrogens with zero attached hydrogens (tertiary/aromatic N) is 2. The van der Waals surface area contributed by atoms with Crippen LogP contribution < -0.4 is 0 Å². The molecular weight excluding hydrogens is 291 g/mol. The second-order valence-corrected chi connectivity index (χ2v) is 7.66. The molecule has 0 bridgehead atoms. The summed E-state index contributed by atoms with van der Waals surface area (Å²) in [5, 5.41) is 8.87. The maximum absolute atomic E-state index is 13.4. The average molecular weight is 308 g/mol. The third-order valence-corrected chi connectivity index (χ3v) is 6.53. The van der Waals surface area contributed by atoms with Gasteiger partial charge in [0.15, 0.2) is 0 Å². The van der Waals surface area contributed by atoms with Gasteiger partial charge < -0.3 is 0 Å². The van der Waals surface area contributed by atoms with Crippen molar-refractivity contribution in [1.29, 1.82) is 5.26 Å². The Bertz CT molecular complexity index is 696. The van der Waals surface area contributed by atoms with E-state index in [0.717, 1.165) is 44.2 Å². The fraction of sp³-hybridized carbons (Fsp3) is 0.533. The van der Waals surface area contributed by atoms with E-state index in [1.807, 2.05) is 0 Å². The van der Waals surface area contributed by atoms with Crippen molar-refractivity contribution in [3.63, 3.8) is 0 Å². The Hall–Kier alpha value is -1.45. The molecule has 112 valence electrons. The van der Waals surface area contributed by atoms with Crippen LogP contribution in [0.15, 0.2) is 23.1 Å². The van der Waals surface area contributed by atoms with Gasteiger partial charge >= 0.3 is 0 Å². The maximum Gasteiger partial charge on any atom is 0.243 e. The van der Waals surface area contributed by atoms with Gasteiger partial charge in [0.1, 0.15) is 11.9 Å². The number of sulfonamides is 1. The zero-order valence-corrected chi connectivity index (χ0v) is 12.4. The van der Waals surface area contributed by atoms with Crippen LogP contribution in [0.4, 0.5) is 4.39 Å². The fourth-order valence-corrected chi connectivity index (χ4v) is 5.37. The van der Waals surface area contributed by atoms with Crippen LogP contribution in [0.3, 0.4) is 0 Å². The monoisotopic (exact) mass is 308 g/mol. The van der Waals surface area contributed by atoms with Crippen LogP contribution in [0.5, 0.6) is 0 Å². The van der Waals surface area contributed by atoms with Crippen LogP contribution in [0.2, 0.25) is 0 Å². The minimum absolute atomic E-state index is 0.0213. The third-order valence-electron chi connectivity index (χ3n) is 4.61. The number of fused-ring (bicyclic) bond motifs is 1. The molecule has 3 rings (SSSR count). The summed E-state index contributed by atoms with van der Waals surface area (Å²) in [6.45, 7) is 0.517. The first-order valence-corrected chi connectivity index (χ1v) is 8.69. The number of halogens is 1. The molecule has 1 saturated carbocycles. The number of hydrogen-bond acceptors (Lipinski definition) is 3. The molecule has 0 aromatic heterocycles. The van der Waals surface area contributed by atoms with Crippen molar-refractivity contribution in [2.75, 3.05) is 6.54 Å². The van der Waals surface area contributed by atoms with Gasteiger partial charge in [0, 0.05) is 12.6 Å². The summed E-state index contributed by atoms with van der Waals surface area (Å²) >= 11 is 0. The van der Waals surface area contributed by atoms with Crippen molar-refractivity contribution in [3.8, 4) is 6.07 Å². The highest BCUT2D eigenvalue weighted by Crippen LogP contribution is 2.39. The van der Waals surface area contributed by atoms with Crippen LogP contribution in [-0.4, -0.2) is 25.3 Å². The largest absolute Gasteiger partial charge is 0.243 e. The van der Waals surface area contributed by atoms with Gasteiger partial charge in [-0.05, 0) is 49.8 Å². The van der Waals surface area contributed by atoms with Gasteiger partial charge in [-0.25, -0.2) is 12.8 Å². The van der Waals surface area contributed by atoms with Crippen LogP contribution in [0, 0.1) is 23.1 Å². The molecule has 1 saturated heterocycles. The highest BCUT2D eigenvalue weighted by Gasteiger charge is 2.41. The van der Waals surface area contributed by atoms with Crippen LogP contribution >= 0.6 is 0 Å². The Balaban J connectivity index is 1.98. The Labute approximate surface area is 124 Å².